The Morgan fingerprint density at radius 1 is 1.17 bits per heavy atom. The second-order valence-electron chi connectivity index (χ2n) is 2.58. The number of rotatable bonds is 0. The largest absolute Gasteiger partial charge is 0.302 e. The van der Waals surface area contributed by atoms with E-state index in [-0.39, 0.29) is 0 Å². The molecule has 0 spiro atoms. The highest BCUT2D eigenvalue weighted by Crippen LogP contribution is 2.04. The molecule has 0 bridgehead atoms. The van der Waals surface area contributed by atoms with Gasteiger partial charge in [-0.3, -0.25) is 0 Å². The van der Waals surface area contributed by atoms with E-state index in [9.17, 15) is 0 Å². The van der Waals surface area contributed by atoms with Gasteiger partial charge in [0.15, 0.2) is 0 Å². The monoisotopic (exact) mass is 171 g/mol. The fourth-order valence-corrected chi connectivity index (χ4v) is 1.10. The van der Waals surface area contributed by atoms with E-state index < -0.39 is 0 Å². The van der Waals surface area contributed by atoms with Crippen LogP contribution >= 0.6 is 0 Å². The Morgan fingerprint density at radius 3 is 1.92 bits per heavy atom. The lowest BCUT2D eigenvalue weighted by Gasteiger charge is -2.20. The van der Waals surface area contributed by atoms with Crippen molar-refractivity contribution in [2.24, 2.45) is 0 Å². The maximum Gasteiger partial charge on any atom is 0.0187 e. The fraction of sp³-hybridized carbons (Fsp3) is 0.818. The Morgan fingerprint density at radius 2 is 1.67 bits per heavy atom. The normalized spacial score (nSPS) is 16.3. The molecular formula is C11H25N. The van der Waals surface area contributed by atoms with Gasteiger partial charge in [0, 0.05) is 13.1 Å². The Bertz CT molecular complexity index is 106. The average Bonchev–Trinajstić information content (AvgIpc) is 2.11. The van der Waals surface area contributed by atoms with Crippen molar-refractivity contribution in [2.75, 3.05) is 20.1 Å². The van der Waals surface area contributed by atoms with E-state index in [0.717, 1.165) is 0 Å². The van der Waals surface area contributed by atoms with Crippen molar-refractivity contribution in [3.8, 4) is 0 Å². The molecule has 0 saturated heterocycles. The number of hydrogen-bond donors (Lipinski definition) is 0. The number of nitrogens with zero attached hydrogens (tertiary/aromatic N) is 1. The second kappa shape index (κ2) is 10.7. The topological polar surface area (TPSA) is 3.24 Å². The van der Waals surface area contributed by atoms with Gasteiger partial charge in [0.05, 0.1) is 0 Å². The van der Waals surface area contributed by atoms with Crippen molar-refractivity contribution in [1.29, 1.82) is 0 Å². The lowest BCUT2D eigenvalue weighted by Crippen LogP contribution is -2.24. The Hall–Kier alpha value is -0.300. The van der Waals surface area contributed by atoms with Crippen LogP contribution in [0.1, 0.15) is 41.0 Å². The van der Waals surface area contributed by atoms with Gasteiger partial charge < -0.3 is 4.90 Å². The summed E-state index contributed by atoms with van der Waals surface area (Å²) in [5.41, 5.74) is 1.51. The predicted molar refractivity (Wildman–Crippen MR) is 58.6 cm³/mol. The van der Waals surface area contributed by atoms with Gasteiger partial charge in [-0.05, 0) is 20.4 Å². The van der Waals surface area contributed by atoms with E-state index in [1.54, 1.807) is 0 Å². The lowest BCUT2D eigenvalue weighted by molar-refractivity contribution is 0.355. The Labute approximate surface area is 78.5 Å². The van der Waals surface area contributed by atoms with Gasteiger partial charge in [0.25, 0.3) is 0 Å². The van der Waals surface area contributed by atoms with Crippen LogP contribution in [0, 0.1) is 0 Å². The summed E-state index contributed by atoms with van der Waals surface area (Å²) in [7, 11) is 2.16. The van der Waals surface area contributed by atoms with E-state index in [2.05, 4.69) is 24.9 Å². The highest BCUT2D eigenvalue weighted by Gasteiger charge is 2.02. The van der Waals surface area contributed by atoms with Crippen LogP contribution in [0.3, 0.4) is 0 Å². The van der Waals surface area contributed by atoms with Crippen LogP contribution in [0.25, 0.3) is 0 Å². The first-order valence-electron chi connectivity index (χ1n) is 5.13. The van der Waals surface area contributed by atoms with E-state index in [4.69, 9.17) is 0 Å². The summed E-state index contributed by atoms with van der Waals surface area (Å²) in [6.45, 7) is 12.6. The van der Waals surface area contributed by atoms with Gasteiger partial charge >= 0.3 is 0 Å². The van der Waals surface area contributed by atoms with Crippen LogP contribution in [0.2, 0.25) is 0 Å². The molecule has 0 fully saturated rings. The fourth-order valence-electron chi connectivity index (χ4n) is 1.10. The molecule has 1 nitrogen and oxygen atoms in total. The summed E-state index contributed by atoms with van der Waals surface area (Å²) >= 11 is 0. The maximum absolute atomic E-state index is 2.34. The van der Waals surface area contributed by atoms with Crippen LogP contribution in [0.5, 0.6) is 0 Å². The van der Waals surface area contributed by atoms with Gasteiger partial charge in [-0.25, -0.2) is 0 Å². The van der Waals surface area contributed by atoms with Gasteiger partial charge in [0.2, 0.25) is 0 Å². The number of hydrogen-bond acceptors (Lipinski definition) is 1. The molecule has 0 N–H and O–H groups in total. The molecule has 0 unspecified atom stereocenters. The van der Waals surface area contributed by atoms with Crippen molar-refractivity contribution in [1.82, 2.24) is 4.90 Å². The standard InChI is InChI=1S/C7H13N.2C2H6/c1-7-4-3-5-8(2)6-7;2*1-2/h4H,3,5-6H2,1-2H3;2*1-2H3. The number of likely N-dealkylation sites (N-methyl/N-ethyl adjacent to an activating group) is 1. The van der Waals surface area contributed by atoms with Crippen LogP contribution < -0.4 is 0 Å². The summed E-state index contributed by atoms with van der Waals surface area (Å²) in [5, 5.41) is 0. The third-order valence-electron chi connectivity index (χ3n) is 1.52. The van der Waals surface area contributed by atoms with Crippen molar-refractivity contribution in [3.05, 3.63) is 11.6 Å². The summed E-state index contributed by atoms with van der Waals surface area (Å²) in [6.07, 6.45) is 3.56. The molecule has 12 heavy (non-hydrogen) atoms. The van der Waals surface area contributed by atoms with E-state index >= 15 is 0 Å². The lowest BCUT2D eigenvalue weighted by atomic mass is 10.2. The van der Waals surface area contributed by atoms with Gasteiger partial charge in [-0.15, -0.1) is 0 Å². The highest BCUT2D eigenvalue weighted by molar-refractivity contribution is 5.03. The molecule has 1 aliphatic rings. The zero-order valence-corrected chi connectivity index (χ0v) is 9.65. The molecule has 0 aromatic rings. The molecule has 0 aliphatic carbocycles. The van der Waals surface area contributed by atoms with Crippen LogP contribution in [-0.2, 0) is 0 Å². The molecule has 74 valence electrons. The molecule has 0 amide bonds. The van der Waals surface area contributed by atoms with Gasteiger partial charge in [-0.2, -0.15) is 0 Å². The second-order valence-corrected chi connectivity index (χ2v) is 2.58. The molecule has 1 rings (SSSR count). The van der Waals surface area contributed by atoms with Crippen LogP contribution in [-0.4, -0.2) is 25.0 Å². The summed E-state index contributed by atoms with van der Waals surface area (Å²) in [5.74, 6) is 0. The molecular weight excluding hydrogens is 146 g/mol. The third-order valence-corrected chi connectivity index (χ3v) is 1.52. The summed E-state index contributed by atoms with van der Waals surface area (Å²) in [6, 6.07) is 0. The zero-order valence-electron chi connectivity index (χ0n) is 9.65. The highest BCUT2D eigenvalue weighted by atomic mass is 15.1. The average molecular weight is 171 g/mol. The predicted octanol–water partition coefficient (Wildman–Crippen LogP) is 3.32. The molecule has 1 heterocycles. The Kier molecular flexibility index (Phi) is 12.7. The minimum Gasteiger partial charge on any atom is -0.302 e. The smallest absolute Gasteiger partial charge is 0.0187 e. The molecule has 0 aromatic heterocycles. The SMILES string of the molecule is CC.CC.CC1=CCCN(C)C1. The molecule has 0 aromatic carbocycles. The van der Waals surface area contributed by atoms with E-state index in [0.29, 0.717) is 0 Å². The molecule has 0 saturated carbocycles. The van der Waals surface area contributed by atoms with Crippen LogP contribution in [0.4, 0.5) is 0 Å². The van der Waals surface area contributed by atoms with Crippen molar-refractivity contribution in [3.63, 3.8) is 0 Å². The van der Waals surface area contributed by atoms with E-state index in [1.807, 2.05) is 27.7 Å². The summed E-state index contributed by atoms with van der Waals surface area (Å²) < 4.78 is 0. The summed E-state index contributed by atoms with van der Waals surface area (Å²) in [4.78, 5) is 2.34. The first-order chi connectivity index (χ1) is 5.79. The molecule has 0 radical (unpaired) electrons. The minimum absolute atomic E-state index is 1.17. The molecule has 1 aliphatic heterocycles. The van der Waals surface area contributed by atoms with Crippen molar-refractivity contribution in [2.45, 2.75) is 41.0 Å². The van der Waals surface area contributed by atoms with Crippen LogP contribution in [0.15, 0.2) is 11.6 Å². The van der Waals surface area contributed by atoms with Crippen molar-refractivity contribution >= 4 is 0 Å². The molecule has 0 atom stereocenters. The molecule has 1 heteroatoms. The Balaban J connectivity index is 0. The van der Waals surface area contributed by atoms with Gasteiger partial charge in [-0.1, -0.05) is 39.3 Å². The zero-order chi connectivity index (χ0) is 9.98. The van der Waals surface area contributed by atoms with Gasteiger partial charge in [0.1, 0.15) is 0 Å². The minimum atomic E-state index is 1.17. The van der Waals surface area contributed by atoms with Crippen molar-refractivity contribution < 1.29 is 0 Å². The third kappa shape index (κ3) is 7.80. The quantitative estimate of drug-likeness (QED) is 0.505. The van der Waals surface area contributed by atoms with E-state index in [1.165, 1.54) is 25.1 Å². The maximum atomic E-state index is 2.34. The first kappa shape index (κ1) is 14.2. The first-order valence-corrected chi connectivity index (χ1v) is 5.13.